The molecule has 0 radical (unpaired) electrons. The lowest BCUT2D eigenvalue weighted by molar-refractivity contribution is 0.0920. The predicted octanol–water partition coefficient (Wildman–Crippen LogP) is 7.80. The van der Waals surface area contributed by atoms with Crippen LogP contribution < -0.4 is 16.0 Å². The van der Waals surface area contributed by atoms with Crippen molar-refractivity contribution in [2.75, 3.05) is 23.7 Å². The number of aryl methyl sites for hydroxylation is 1. The van der Waals surface area contributed by atoms with Gasteiger partial charge in [0.2, 0.25) is 0 Å². The number of benzene rings is 2. The molecule has 2 aromatic carbocycles. The van der Waals surface area contributed by atoms with Gasteiger partial charge in [0.05, 0.1) is 26.5 Å². The zero-order valence-electron chi connectivity index (χ0n) is 23.8. The molecule has 1 atom stereocenters. The van der Waals surface area contributed by atoms with Gasteiger partial charge in [0.15, 0.2) is 5.78 Å². The van der Waals surface area contributed by atoms with E-state index in [1.807, 2.05) is 61.5 Å². The minimum Gasteiger partial charge on any atom is -0.317 e. The second-order valence-electron chi connectivity index (χ2n) is 11.6. The average molecular weight is 590 g/mol. The number of urea groups is 1. The van der Waals surface area contributed by atoms with Gasteiger partial charge in [-0.15, -0.1) is 11.3 Å². The highest BCUT2D eigenvalue weighted by Gasteiger charge is 2.34. The Hall–Kier alpha value is -3.46. The first-order valence-corrected chi connectivity index (χ1v) is 15.1. The number of para-hydroxylation sites is 1. The molecule has 9 heteroatoms. The van der Waals surface area contributed by atoms with Gasteiger partial charge >= 0.3 is 6.03 Å². The van der Waals surface area contributed by atoms with Crippen molar-refractivity contribution in [2.45, 2.75) is 51.9 Å². The monoisotopic (exact) mass is 589 g/mol. The van der Waals surface area contributed by atoms with Crippen molar-refractivity contribution in [2.24, 2.45) is 5.92 Å². The molecule has 0 spiro atoms. The van der Waals surface area contributed by atoms with E-state index in [2.05, 4.69) is 36.7 Å². The van der Waals surface area contributed by atoms with Crippen LogP contribution in [0.25, 0.3) is 5.69 Å². The third-order valence-corrected chi connectivity index (χ3v) is 8.74. The molecule has 0 aliphatic carbocycles. The molecule has 1 aliphatic heterocycles. The maximum absolute atomic E-state index is 13.9. The van der Waals surface area contributed by atoms with E-state index in [1.54, 1.807) is 16.8 Å². The number of hydrogen-bond acceptors (Lipinski definition) is 5. The van der Waals surface area contributed by atoms with Crippen molar-refractivity contribution >= 4 is 46.3 Å². The van der Waals surface area contributed by atoms with E-state index in [0.29, 0.717) is 20.7 Å². The molecule has 0 bridgehead atoms. The third kappa shape index (κ3) is 6.72. The van der Waals surface area contributed by atoms with E-state index in [9.17, 15) is 9.59 Å². The summed E-state index contributed by atoms with van der Waals surface area (Å²) in [5.74, 6) is 0.352. The van der Waals surface area contributed by atoms with Gasteiger partial charge < -0.3 is 10.6 Å². The van der Waals surface area contributed by atoms with Crippen molar-refractivity contribution in [3.05, 3.63) is 92.8 Å². The fourth-order valence-electron chi connectivity index (χ4n) is 5.26. The van der Waals surface area contributed by atoms with Gasteiger partial charge in [0.1, 0.15) is 5.82 Å². The number of thiophene rings is 1. The van der Waals surface area contributed by atoms with Crippen LogP contribution in [0.4, 0.5) is 16.3 Å². The number of carbonyl (C=O) groups is 2. The largest absolute Gasteiger partial charge is 0.324 e. The number of nitrogens with zero attached hydrogens (tertiary/aromatic N) is 2. The van der Waals surface area contributed by atoms with Crippen molar-refractivity contribution in [1.29, 1.82) is 0 Å². The third-order valence-electron chi connectivity index (χ3n) is 7.50. The van der Waals surface area contributed by atoms with Crippen LogP contribution in [0.3, 0.4) is 0 Å². The smallest absolute Gasteiger partial charge is 0.317 e. The SMILES string of the molecule is Cc1ccc(-n2nc(C(C)(C)C)cc2NC(=O)Nc2ccccc2C(C(=O)c2ccc(Cl)s2)C2CCNCC2)cc1. The molecule has 1 unspecified atom stereocenters. The molecule has 3 heterocycles. The van der Waals surface area contributed by atoms with Gasteiger partial charge in [0, 0.05) is 17.2 Å². The first kappa shape index (κ1) is 29.0. The van der Waals surface area contributed by atoms with Gasteiger partial charge in [-0.25, -0.2) is 9.48 Å². The molecule has 1 saturated heterocycles. The number of amides is 2. The van der Waals surface area contributed by atoms with Crippen LogP contribution in [0.5, 0.6) is 0 Å². The van der Waals surface area contributed by atoms with Gasteiger partial charge in [-0.1, -0.05) is 68.3 Å². The Bertz CT molecular complexity index is 1530. The minimum absolute atomic E-state index is 0.0377. The van der Waals surface area contributed by atoms with Gasteiger partial charge in [0.25, 0.3) is 0 Å². The van der Waals surface area contributed by atoms with Crippen LogP contribution in [0.15, 0.2) is 66.7 Å². The molecule has 4 aromatic rings. The van der Waals surface area contributed by atoms with Crippen LogP contribution in [-0.4, -0.2) is 34.7 Å². The van der Waals surface area contributed by atoms with Crippen molar-refractivity contribution in [3.8, 4) is 5.69 Å². The number of Topliss-reactive ketones (excluding diaryl/α,β-unsaturated/α-hetero) is 1. The second-order valence-corrected chi connectivity index (χ2v) is 13.3. The number of rotatable bonds is 7. The molecule has 7 nitrogen and oxygen atoms in total. The number of piperidine rings is 1. The number of aromatic nitrogens is 2. The Morgan fingerprint density at radius 2 is 1.73 bits per heavy atom. The standard InChI is InChI=1S/C32H36ClN5O2S/c1-20-9-11-22(12-10-20)38-28(19-26(37-38)32(2,3)4)36-31(40)35-24-8-6-5-7-23(24)29(21-15-17-34-18-16-21)30(39)25-13-14-27(33)41-25/h5-14,19,21,29,34H,15-18H2,1-4H3,(H2,35,36,40). The van der Waals surface area contributed by atoms with Crippen molar-refractivity contribution in [1.82, 2.24) is 15.1 Å². The predicted molar refractivity (Wildman–Crippen MR) is 168 cm³/mol. The highest BCUT2D eigenvalue weighted by atomic mass is 35.5. The quantitative estimate of drug-likeness (QED) is 0.192. The summed E-state index contributed by atoms with van der Waals surface area (Å²) in [6.07, 6.45) is 1.75. The Kier molecular flexibility index (Phi) is 8.63. The molecule has 5 rings (SSSR count). The van der Waals surface area contributed by atoms with E-state index in [1.165, 1.54) is 11.3 Å². The molecule has 1 aliphatic rings. The zero-order chi connectivity index (χ0) is 29.1. The first-order valence-electron chi connectivity index (χ1n) is 13.9. The molecule has 214 valence electrons. The van der Waals surface area contributed by atoms with Gasteiger partial charge in [-0.3, -0.25) is 10.1 Å². The fourth-order valence-corrected chi connectivity index (χ4v) is 6.28. The Morgan fingerprint density at radius 1 is 1.02 bits per heavy atom. The maximum Gasteiger partial charge on any atom is 0.324 e. The number of anilines is 2. The summed E-state index contributed by atoms with van der Waals surface area (Å²) >= 11 is 7.50. The normalized spacial score (nSPS) is 15.0. The molecular weight excluding hydrogens is 554 g/mol. The summed E-state index contributed by atoms with van der Waals surface area (Å²) in [5.41, 5.74) is 4.08. The van der Waals surface area contributed by atoms with Crippen LogP contribution in [0.2, 0.25) is 4.34 Å². The number of halogens is 1. The summed E-state index contributed by atoms with van der Waals surface area (Å²) in [6.45, 7) is 10.0. The molecule has 3 N–H and O–H groups in total. The van der Waals surface area contributed by atoms with E-state index in [0.717, 1.165) is 48.4 Å². The van der Waals surface area contributed by atoms with Gasteiger partial charge in [-0.05, 0) is 74.7 Å². The lowest BCUT2D eigenvalue weighted by atomic mass is 9.77. The molecule has 2 amide bonds. The summed E-state index contributed by atoms with van der Waals surface area (Å²) < 4.78 is 2.34. The highest BCUT2D eigenvalue weighted by Crippen LogP contribution is 2.39. The topological polar surface area (TPSA) is 88.1 Å². The zero-order valence-corrected chi connectivity index (χ0v) is 25.4. The number of ketones is 1. The van der Waals surface area contributed by atoms with E-state index in [4.69, 9.17) is 16.7 Å². The van der Waals surface area contributed by atoms with E-state index < -0.39 is 11.9 Å². The van der Waals surface area contributed by atoms with Gasteiger partial charge in [-0.2, -0.15) is 5.10 Å². The Balaban J connectivity index is 1.45. The number of nitrogens with one attached hydrogen (secondary N) is 3. The lowest BCUT2D eigenvalue weighted by Gasteiger charge is -2.31. The summed E-state index contributed by atoms with van der Waals surface area (Å²) in [5, 5.41) is 14.3. The summed E-state index contributed by atoms with van der Waals surface area (Å²) in [6, 6.07) is 20.7. The van der Waals surface area contributed by atoms with Crippen LogP contribution in [0.1, 0.15) is 66.0 Å². The van der Waals surface area contributed by atoms with E-state index >= 15 is 0 Å². The first-order chi connectivity index (χ1) is 19.6. The maximum atomic E-state index is 13.9. The second kappa shape index (κ2) is 12.2. The molecular formula is C32H36ClN5O2S. The minimum atomic E-state index is -0.401. The molecule has 41 heavy (non-hydrogen) atoms. The van der Waals surface area contributed by atoms with Crippen LogP contribution in [-0.2, 0) is 5.41 Å². The van der Waals surface area contributed by atoms with Crippen LogP contribution in [0, 0.1) is 12.8 Å². The lowest BCUT2D eigenvalue weighted by Crippen LogP contribution is -2.34. The highest BCUT2D eigenvalue weighted by molar-refractivity contribution is 7.18. The van der Waals surface area contributed by atoms with Crippen molar-refractivity contribution < 1.29 is 9.59 Å². The fraction of sp³-hybridized carbons (Fsp3) is 0.344. The summed E-state index contributed by atoms with van der Waals surface area (Å²) in [4.78, 5) is 28.0. The molecule has 2 aromatic heterocycles. The number of hydrogen-bond donors (Lipinski definition) is 3. The summed E-state index contributed by atoms with van der Waals surface area (Å²) in [7, 11) is 0. The molecule has 0 saturated carbocycles. The molecule has 1 fully saturated rings. The van der Waals surface area contributed by atoms with Crippen molar-refractivity contribution in [3.63, 3.8) is 0 Å². The Labute approximate surface area is 250 Å². The Morgan fingerprint density at radius 3 is 2.39 bits per heavy atom. The number of carbonyl (C=O) groups excluding carboxylic acids is 2. The van der Waals surface area contributed by atoms with Crippen LogP contribution >= 0.6 is 22.9 Å². The average Bonchev–Trinajstić information content (AvgIpc) is 3.57. The van der Waals surface area contributed by atoms with E-state index in [-0.39, 0.29) is 17.1 Å².